The topological polar surface area (TPSA) is 61.9 Å². The van der Waals surface area contributed by atoms with Crippen LogP contribution in [0.3, 0.4) is 0 Å². The first-order valence-electron chi connectivity index (χ1n) is 11.0. The average molecular weight is 472 g/mol. The van der Waals surface area contributed by atoms with Gasteiger partial charge in [0.1, 0.15) is 11.6 Å². The van der Waals surface area contributed by atoms with E-state index in [-0.39, 0.29) is 11.4 Å². The average Bonchev–Trinajstić information content (AvgIpc) is 2.82. The van der Waals surface area contributed by atoms with Crippen LogP contribution in [0.1, 0.15) is 35.7 Å². The number of hydrogen-bond donors (Lipinski definition) is 3. The number of hydrogen-bond acceptors (Lipinski definition) is 5. The summed E-state index contributed by atoms with van der Waals surface area (Å²) in [7, 11) is 0. The van der Waals surface area contributed by atoms with E-state index in [4.69, 9.17) is 0 Å². The van der Waals surface area contributed by atoms with E-state index in [2.05, 4.69) is 32.5 Å². The van der Waals surface area contributed by atoms with E-state index in [0.717, 1.165) is 18.1 Å². The molecule has 0 spiro atoms. The van der Waals surface area contributed by atoms with Crippen molar-refractivity contribution in [2.45, 2.75) is 32.5 Å². The first-order chi connectivity index (χ1) is 16.3. The SMILES string of the molecule is C=C(Nc1nc(-c2ccccc2C(F)(F)F)nc2c1CCNC2)c1cc(F)ccc1NCCC. The Morgan fingerprint density at radius 2 is 1.94 bits per heavy atom. The lowest BCUT2D eigenvalue weighted by Crippen LogP contribution is -2.26. The van der Waals surface area contributed by atoms with E-state index in [1.807, 2.05) is 6.92 Å². The molecule has 1 aliphatic rings. The van der Waals surface area contributed by atoms with Crippen molar-refractivity contribution in [3.63, 3.8) is 0 Å². The third-order valence-corrected chi connectivity index (χ3v) is 5.55. The number of nitrogens with zero attached hydrogens (tertiary/aromatic N) is 2. The third-order valence-electron chi connectivity index (χ3n) is 5.55. The van der Waals surface area contributed by atoms with E-state index in [1.165, 1.54) is 30.3 Å². The van der Waals surface area contributed by atoms with Crippen molar-refractivity contribution in [1.29, 1.82) is 0 Å². The Labute approximate surface area is 195 Å². The number of benzene rings is 2. The van der Waals surface area contributed by atoms with Crippen molar-refractivity contribution in [1.82, 2.24) is 15.3 Å². The molecular formula is C25H25F4N5. The van der Waals surface area contributed by atoms with Gasteiger partial charge < -0.3 is 16.0 Å². The molecular weight excluding hydrogens is 446 g/mol. The molecule has 2 aromatic carbocycles. The van der Waals surface area contributed by atoms with E-state index in [1.54, 1.807) is 6.07 Å². The summed E-state index contributed by atoms with van der Waals surface area (Å²) in [5.41, 5.74) is 2.11. The van der Waals surface area contributed by atoms with E-state index < -0.39 is 17.6 Å². The molecule has 0 saturated heterocycles. The highest BCUT2D eigenvalue weighted by Gasteiger charge is 2.34. The molecule has 178 valence electrons. The van der Waals surface area contributed by atoms with Crippen LogP contribution in [0.25, 0.3) is 17.1 Å². The predicted molar refractivity (Wildman–Crippen MR) is 126 cm³/mol. The normalized spacial score (nSPS) is 13.3. The smallest absolute Gasteiger partial charge is 0.385 e. The summed E-state index contributed by atoms with van der Waals surface area (Å²) >= 11 is 0. The summed E-state index contributed by atoms with van der Waals surface area (Å²) in [6.07, 6.45) is -3.08. The van der Waals surface area contributed by atoms with Gasteiger partial charge in [-0.2, -0.15) is 13.2 Å². The zero-order valence-electron chi connectivity index (χ0n) is 18.7. The van der Waals surface area contributed by atoms with Crippen molar-refractivity contribution >= 4 is 17.2 Å². The largest absolute Gasteiger partial charge is 0.417 e. The maximum atomic E-state index is 14.0. The maximum Gasteiger partial charge on any atom is 0.417 e. The molecule has 34 heavy (non-hydrogen) atoms. The molecule has 0 amide bonds. The van der Waals surface area contributed by atoms with Crippen LogP contribution >= 0.6 is 0 Å². The minimum Gasteiger partial charge on any atom is -0.385 e. The summed E-state index contributed by atoms with van der Waals surface area (Å²) in [6, 6.07) is 9.59. The van der Waals surface area contributed by atoms with Gasteiger partial charge in [0.15, 0.2) is 5.82 Å². The molecule has 0 unspecified atom stereocenters. The molecule has 0 radical (unpaired) electrons. The van der Waals surface area contributed by atoms with Crippen LogP contribution in [0, 0.1) is 5.82 Å². The van der Waals surface area contributed by atoms with Gasteiger partial charge in [0, 0.05) is 41.2 Å². The number of alkyl halides is 3. The summed E-state index contributed by atoms with van der Waals surface area (Å²) in [4.78, 5) is 8.94. The Kier molecular flexibility index (Phi) is 6.83. The highest BCUT2D eigenvalue weighted by molar-refractivity contribution is 5.82. The van der Waals surface area contributed by atoms with E-state index in [9.17, 15) is 17.6 Å². The molecule has 2 heterocycles. The molecule has 1 aromatic heterocycles. The Morgan fingerprint density at radius 3 is 2.71 bits per heavy atom. The quantitative estimate of drug-likeness (QED) is 0.377. The van der Waals surface area contributed by atoms with Gasteiger partial charge in [-0.15, -0.1) is 0 Å². The van der Waals surface area contributed by atoms with Crippen LogP contribution in [0.15, 0.2) is 49.0 Å². The van der Waals surface area contributed by atoms with Gasteiger partial charge in [-0.25, -0.2) is 14.4 Å². The lowest BCUT2D eigenvalue weighted by molar-refractivity contribution is -0.137. The monoisotopic (exact) mass is 471 g/mol. The first kappa shape index (κ1) is 23.7. The van der Waals surface area contributed by atoms with Crippen LogP contribution in [-0.4, -0.2) is 23.1 Å². The summed E-state index contributed by atoms with van der Waals surface area (Å²) < 4.78 is 55.0. The second-order valence-electron chi connectivity index (χ2n) is 8.01. The zero-order chi connectivity index (χ0) is 24.3. The molecule has 0 bridgehead atoms. The lowest BCUT2D eigenvalue weighted by Gasteiger charge is -2.23. The maximum absolute atomic E-state index is 14.0. The van der Waals surface area contributed by atoms with Gasteiger partial charge >= 0.3 is 6.18 Å². The highest BCUT2D eigenvalue weighted by atomic mass is 19.4. The molecule has 0 saturated carbocycles. The molecule has 5 nitrogen and oxygen atoms in total. The number of anilines is 2. The Bertz CT molecular complexity index is 1210. The van der Waals surface area contributed by atoms with Crippen molar-refractivity contribution in [2.75, 3.05) is 23.7 Å². The molecule has 9 heteroatoms. The van der Waals surface area contributed by atoms with Crippen LogP contribution in [-0.2, 0) is 19.1 Å². The second-order valence-corrected chi connectivity index (χ2v) is 8.01. The minimum atomic E-state index is -4.55. The van der Waals surface area contributed by atoms with Crippen molar-refractivity contribution < 1.29 is 17.6 Å². The molecule has 0 atom stereocenters. The van der Waals surface area contributed by atoms with Crippen molar-refractivity contribution in [2.24, 2.45) is 0 Å². The lowest BCUT2D eigenvalue weighted by atomic mass is 10.0. The van der Waals surface area contributed by atoms with Gasteiger partial charge in [-0.3, -0.25) is 0 Å². The molecule has 3 aromatic rings. The molecule has 3 N–H and O–H groups in total. The van der Waals surface area contributed by atoms with Crippen LogP contribution < -0.4 is 16.0 Å². The van der Waals surface area contributed by atoms with Crippen LogP contribution in [0.4, 0.5) is 29.1 Å². The van der Waals surface area contributed by atoms with Gasteiger partial charge in [0.2, 0.25) is 0 Å². The molecule has 1 aliphatic heterocycles. The zero-order valence-corrected chi connectivity index (χ0v) is 18.7. The second kappa shape index (κ2) is 9.80. The standard InChI is InChI=1S/C25H25F4N5/c1-3-11-31-21-9-8-16(26)13-19(21)15(2)32-24-18-10-12-30-14-22(18)33-23(34-24)17-6-4-5-7-20(17)25(27,28)29/h4-9,13,30-31H,2-3,10-12,14H2,1H3,(H,32,33,34). The number of nitrogens with one attached hydrogen (secondary N) is 3. The van der Waals surface area contributed by atoms with Gasteiger partial charge in [-0.1, -0.05) is 31.7 Å². The fraction of sp³-hybridized carbons (Fsp3) is 0.280. The summed E-state index contributed by atoms with van der Waals surface area (Å²) in [5, 5.41) is 9.58. The first-order valence-corrected chi connectivity index (χ1v) is 11.0. The van der Waals surface area contributed by atoms with Crippen molar-refractivity contribution in [3.8, 4) is 11.4 Å². The predicted octanol–water partition coefficient (Wildman–Crippen LogP) is 5.85. The van der Waals surface area contributed by atoms with Gasteiger partial charge in [0.05, 0.1) is 11.3 Å². The van der Waals surface area contributed by atoms with Crippen LogP contribution in [0.5, 0.6) is 0 Å². The number of aromatic nitrogens is 2. The number of fused-ring (bicyclic) bond motifs is 1. The van der Waals surface area contributed by atoms with Gasteiger partial charge in [-0.05, 0) is 43.7 Å². The van der Waals surface area contributed by atoms with Crippen molar-refractivity contribution in [3.05, 3.63) is 77.2 Å². The number of halogens is 4. The highest BCUT2D eigenvalue weighted by Crippen LogP contribution is 2.37. The van der Waals surface area contributed by atoms with E-state index >= 15 is 0 Å². The Balaban J connectivity index is 1.77. The fourth-order valence-electron chi connectivity index (χ4n) is 3.90. The number of rotatable bonds is 7. The van der Waals surface area contributed by atoms with E-state index in [0.29, 0.717) is 54.5 Å². The molecule has 0 fully saturated rings. The summed E-state index contributed by atoms with van der Waals surface area (Å²) in [6.45, 7) is 7.86. The summed E-state index contributed by atoms with van der Waals surface area (Å²) in [5.74, 6) is -0.0860. The molecule has 0 aliphatic carbocycles. The Morgan fingerprint density at radius 1 is 1.15 bits per heavy atom. The molecule has 4 rings (SSSR count). The minimum absolute atomic E-state index is 0.0331. The fourth-order valence-corrected chi connectivity index (χ4v) is 3.90. The Hall–Kier alpha value is -3.46. The van der Waals surface area contributed by atoms with Gasteiger partial charge in [0.25, 0.3) is 0 Å². The van der Waals surface area contributed by atoms with Crippen LogP contribution in [0.2, 0.25) is 0 Å². The third kappa shape index (κ3) is 5.04.